The number of methoxy groups -OCH3 is 1. The summed E-state index contributed by atoms with van der Waals surface area (Å²) in [5.41, 5.74) is 7.30. The number of hydrogen-bond donors (Lipinski definition) is 1. The number of halogens is 1. The summed E-state index contributed by atoms with van der Waals surface area (Å²) in [6.45, 7) is 4.27. The summed E-state index contributed by atoms with van der Waals surface area (Å²) >= 11 is 6.20. The van der Waals surface area contributed by atoms with Crippen molar-refractivity contribution in [2.75, 3.05) is 7.11 Å². The molecule has 0 spiro atoms. The van der Waals surface area contributed by atoms with E-state index in [1.807, 2.05) is 32.0 Å². The first-order valence-corrected chi connectivity index (χ1v) is 6.46. The molecular weight excluding hydrogens is 264 g/mol. The van der Waals surface area contributed by atoms with Crippen molar-refractivity contribution in [3.8, 4) is 11.6 Å². The molecule has 0 saturated heterocycles. The van der Waals surface area contributed by atoms with Crippen LogP contribution in [-0.4, -0.2) is 18.2 Å². The molecule has 1 aromatic carbocycles. The Labute approximate surface area is 117 Å². The Bertz CT molecular complexity index is 600. The topological polar surface area (TPSA) is 57.4 Å². The van der Waals surface area contributed by atoms with Crippen molar-refractivity contribution in [2.24, 2.45) is 5.73 Å². The monoisotopic (exact) mass is 280 g/mol. The quantitative estimate of drug-likeness (QED) is 0.935. The van der Waals surface area contributed by atoms with Gasteiger partial charge in [-0.3, -0.25) is 0 Å². The number of aromatic nitrogens is 1. The van der Waals surface area contributed by atoms with E-state index in [1.54, 1.807) is 7.11 Å². The molecule has 1 heterocycles. The smallest absolute Gasteiger partial charge is 0.218 e. The third-order valence-corrected chi connectivity index (χ3v) is 2.98. The van der Waals surface area contributed by atoms with Gasteiger partial charge in [-0.05, 0) is 26.0 Å². The lowest BCUT2D eigenvalue weighted by molar-refractivity contribution is 0.243. The first-order chi connectivity index (χ1) is 9.05. The summed E-state index contributed by atoms with van der Waals surface area (Å²) in [6, 6.07) is 5.59. The van der Waals surface area contributed by atoms with Gasteiger partial charge < -0.3 is 15.2 Å². The Kier molecular flexibility index (Phi) is 4.12. The second kappa shape index (κ2) is 5.63. The van der Waals surface area contributed by atoms with Crippen molar-refractivity contribution in [1.82, 2.24) is 4.98 Å². The molecule has 0 amide bonds. The number of nitrogens with two attached hydrogens (primary N) is 1. The molecule has 4 nitrogen and oxygen atoms in total. The molecule has 2 rings (SSSR count). The Balaban J connectivity index is 2.58. The molecule has 0 aliphatic rings. The first kappa shape index (κ1) is 13.9. The van der Waals surface area contributed by atoms with Gasteiger partial charge in [-0.25, -0.2) is 4.98 Å². The standard InChI is InChI=1S/C14H17ClN2O2/c1-8(2)19-13-6-12-9(5-11(13)15)4-10(7-16)14(17-12)18-3/h4-6,8H,7,16H2,1-3H3. The van der Waals surface area contributed by atoms with Crippen LogP contribution in [0.3, 0.4) is 0 Å². The van der Waals surface area contributed by atoms with Crippen molar-refractivity contribution >= 4 is 22.5 Å². The summed E-state index contributed by atoms with van der Waals surface area (Å²) in [4.78, 5) is 4.43. The summed E-state index contributed by atoms with van der Waals surface area (Å²) < 4.78 is 10.9. The largest absolute Gasteiger partial charge is 0.489 e. The van der Waals surface area contributed by atoms with Gasteiger partial charge in [0.2, 0.25) is 5.88 Å². The fraction of sp³-hybridized carbons (Fsp3) is 0.357. The van der Waals surface area contributed by atoms with Crippen molar-refractivity contribution in [3.63, 3.8) is 0 Å². The number of benzene rings is 1. The molecule has 0 fully saturated rings. The van der Waals surface area contributed by atoms with E-state index in [0.29, 0.717) is 23.2 Å². The Morgan fingerprint density at radius 1 is 1.32 bits per heavy atom. The lowest BCUT2D eigenvalue weighted by atomic mass is 10.1. The van der Waals surface area contributed by atoms with Crippen molar-refractivity contribution in [2.45, 2.75) is 26.5 Å². The molecule has 19 heavy (non-hydrogen) atoms. The molecule has 5 heteroatoms. The highest BCUT2D eigenvalue weighted by Crippen LogP contribution is 2.32. The maximum atomic E-state index is 6.20. The molecule has 1 aromatic heterocycles. The highest BCUT2D eigenvalue weighted by Gasteiger charge is 2.11. The van der Waals surface area contributed by atoms with Gasteiger partial charge in [0.25, 0.3) is 0 Å². The predicted octanol–water partition coefficient (Wildman–Crippen LogP) is 3.14. The van der Waals surface area contributed by atoms with Crippen LogP contribution in [0.15, 0.2) is 18.2 Å². The minimum Gasteiger partial charge on any atom is -0.489 e. The van der Waals surface area contributed by atoms with Crippen molar-refractivity contribution in [1.29, 1.82) is 0 Å². The highest BCUT2D eigenvalue weighted by atomic mass is 35.5. The molecule has 0 aliphatic carbocycles. The van der Waals surface area contributed by atoms with Crippen molar-refractivity contribution < 1.29 is 9.47 Å². The van der Waals surface area contributed by atoms with E-state index in [2.05, 4.69) is 4.98 Å². The third kappa shape index (κ3) is 2.91. The zero-order valence-electron chi connectivity index (χ0n) is 11.2. The average molecular weight is 281 g/mol. The number of rotatable bonds is 4. The van der Waals surface area contributed by atoms with Crippen LogP contribution in [0.1, 0.15) is 19.4 Å². The Hall–Kier alpha value is -1.52. The zero-order valence-corrected chi connectivity index (χ0v) is 12.0. The van der Waals surface area contributed by atoms with Crippen LogP contribution >= 0.6 is 11.6 Å². The molecular formula is C14H17ClN2O2. The fourth-order valence-corrected chi connectivity index (χ4v) is 2.08. The van der Waals surface area contributed by atoms with Gasteiger partial charge in [0.05, 0.1) is 23.8 Å². The SMILES string of the molecule is COc1nc2cc(OC(C)C)c(Cl)cc2cc1CN. The van der Waals surface area contributed by atoms with Gasteiger partial charge in [0, 0.05) is 23.6 Å². The molecule has 102 valence electrons. The number of pyridine rings is 1. The van der Waals surface area contributed by atoms with Crippen LogP contribution in [0.25, 0.3) is 10.9 Å². The van der Waals surface area contributed by atoms with E-state index < -0.39 is 0 Å². The summed E-state index contributed by atoms with van der Waals surface area (Å²) in [5.74, 6) is 1.16. The summed E-state index contributed by atoms with van der Waals surface area (Å²) in [5, 5.41) is 1.48. The predicted molar refractivity (Wildman–Crippen MR) is 77.0 cm³/mol. The van der Waals surface area contributed by atoms with E-state index in [4.69, 9.17) is 26.8 Å². The van der Waals surface area contributed by atoms with Gasteiger partial charge in [-0.1, -0.05) is 11.6 Å². The highest BCUT2D eigenvalue weighted by molar-refractivity contribution is 6.32. The van der Waals surface area contributed by atoms with Crippen LogP contribution in [0.5, 0.6) is 11.6 Å². The van der Waals surface area contributed by atoms with Gasteiger partial charge in [-0.2, -0.15) is 0 Å². The van der Waals surface area contributed by atoms with Crippen LogP contribution in [0.4, 0.5) is 0 Å². The van der Waals surface area contributed by atoms with Crippen molar-refractivity contribution in [3.05, 3.63) is 28.8 Å². The molecule has 0 saturated carbocycles. The number of nitrogens with zero attached hydrogens (tertiary/aromatic N) is 1. The van der Waals surface area contributed by atoms with E-state index in [0.717, 1.165) is 16.5 Å². The van der Waals surface area contributed by atoms with Gasteiger partial charge >= 0.3 is 0 Å². The van der Waals surface area contributed by atoms with E-state index in [1.165, 1.54) is 0 Å². The molecule has 0 bridgehead atoms. The van der Waals surface area contributed by atoms with Crippen LogP contribution in [-0.2, 0) is 6.54 Å². The summed E-state index contributed by atoms with van der Waals surface area (Å²) in [6.07, 6.45) is 0.0557. The molecule has 2 N–H and O–H groups in total. The number of hydrogen-bond acceptors (Lipinski definition) is 4. The second-order valence-electron chi connectivity index (χ2n) is 4.50. The van der Waals surface area contributed by atoms with Crippen LogP contribution < -0.4 is 15.2 Å². The maximum absolute atomic E-state index is 6.20. The number of ether oxygens (including phenoxy) is 2. The van der Waals surface area contributed by atoms with Gasteiger partial charge in [0.15, 0.2) is 0 Å². The third-order valence-electron chi connectivity index (χ3n) is 2.68. The molecule has 0 atom stereocenters. The lowest BCUT2D eigenvalue weighted by Crippen LogP contribution is -2.06. The van der Waals surface area contributed by atoms with E-state index in [9.17, 15) is 0 Å². The normalized spacial score (nSPS) is 11.1. The van der Waals surface area contributed by atoms with Gasteiger partial charge in [-0.15, -0.1) is 0 Å². The van der Waals surface area contributed by atoms with Crippen LogP contribution in [0.2, 0.25) is 5.02 Å². The molecule has 0 aliphatic heterocycles. The van der Waals surface area contributed by atoms with E-state index in [-0.39, 0.29) is 6.10 Å². The lowest BCUT2D eigenvalue weighted by Gasteiger charge is -2.13. The molecule has 0 unspecified atom stereocenters. The van der Waals surface area contributed by atoms with Gasteiger partial charge in [0.1, 0.15) is 5.75 Å². The Morgan fingerprint density at radius 3 is 2.63 bits per heavy atom. The Morgan fingerprint density at radius 2 is 2.05 bits per heavy atom. The summed E-state index contributed by atoms with van der Waals surface area (Å²) in [7, 11) is 1.58. The zero-order chi connectivity index (χ0) is 14.0. The number of fused-ring (bicyclic) bond motifs is 1. The van der Waals surface area contributed by atoms with Crippen LogP contribution in [0, 0.1) is 0 Å². The molecule has 2 aromatic rings. The second-order valence-corrected chi connectivity index (χ2v) is 4.91. The van der Waals surface area contributed by atoms with E-state index >= 15 is 0 Å². The minimum atomic E-state index is 0.0557. The average Bonchev–Trinajstić information content (AvgIpc) is 2.37. The fourth-order valence-electron chi connectivity index (χ4n) is 1.87. The first-order valence-electron chi connectivity index (χ1n) is 6.09. The minimum absolute atomic E-state index is 0.0557. The maximum Gasteiger partial charge on any atom is 0.218 e. The molecule has 0 radical (unpaired) electrons.